The van der Waals surface area contributed by atoms with E-state index < -0.39 is 30.2 Å². The number of nitrogens with zero attached hydrogens (tertiary/aromatic N) is 1. The third kappa shape index (κ3) is 5.25. The van der Waals surface area contributed by atoms with Crippen molar-refractivity contribution in [3.63, 3.8) is 0 Å². The van der Waals surface area contributed by atoms with Gasteiger partial charge in [0.2, 0.25) is 0 Å². The minimum atomic E-state index is -1.35. The highest BCUT2D eigenvalue weighted by Crippen LogP contribution is 2.21. The molecule has 0 bridgehead atoms. The predicted octanol–water partition coefficient (Wildman–Crippen LogP) is 0.00370. The second-order valence-electron chi connectivity index (χ2n) is 5.92. The fourth-order valence-corrected chi connectivity index (χ4v) is 2.53. The first-order valence-electron chi connectivity index (χ1n) is 8.24. The Balaban J connectivity index is 0.000000321. The number of hydrogen-bond donors (Lipinski definition) is 5. The maximum Gasteiger partial charge on any atom is 0.341 e. The van der Waals surface area contributed by atoms with Crippen LogP contribution in [0.25, 0.3) is 10.9 Å². The molecule has 1 aliphatic rings. The number of anilines is 1. The molecule has 1 atom stereocenters. The number of aliphatic carboxylic acids is 1. The number of carbonyl (C=O) groups is 2. The van der Waals surface area contributed by atoms with E-state index in [1.165, 1.54) is 6.07 Å². The molecule has 10 heteroatoms. The number of pyridine rings is 1. The average Bonchev–Trinajstić information content (AvgIpc) is 2.67. The van der Waals surface area contributed by atoms with E-state index >= 15 is 0 Å². The summed E-state index contributed by atoms with van der Waals surface area (Å²) in [7, 11) is 0. The summed E-state index contributed by atoms with van der Waals surface area (Å²) >= 11 is 0. The minimum Gasteiger partial charge on any atom is -0.480 e. The van der Waals surface area contributed by atoms with Crippen LogP contribution >= 0.6 is 0 Å². The average molecular weight is 380 g/mol. The number of aromatic amines is 1. The van der Waals surface area contributed by atoms with Gasteiger partial charge in [-0.15, -0.1) is 0 Å². The Hall–Kier alpha value is -2.98. The first kappa shape index (κ1) is 20.3. The fraction of sp³-hybridized carbons (Fsp3) is 0.353. The van der Waals surface area contributed by atoms with Crippen molar-refractivity contribution >= 4 is 28.5 Å². The monoisotopic (exact) mass is 380 g/mol. The van der Waals surface area contributed by atoms with Gasteiger partial charge < -0.3 is 31.1 Å². The van der Waals surface area contributed by atoms with E-state index in [0.29, 0.717) is 5.52 Å². The van der Waals surface area contributed by atoms with Gasteiger partial charge in [0.05, 0.1) is 5.52 Å². The van der Waals surface area contributed by atoms with Crippen molar-refractivity contribution < 1.29 is 24.2 Å². The van der Waals surface area contributed by atoms with Crippen LogP contribution in [-0.4, -0.2) is 66.0 Å². The number of H-pyrrole nitrogens is 1. The van der Waals surface area contributed by atoms with Gasteiger partial charge in [-0.2, -0.15) is 0 Å². The van der Waals surface area contributed by atoms with Gasteiger partial charge in [0.25, 0.3) is 5.56 Å². The van der Waals surface area contributed by atoms with Crippen LogP contribution in [-0.2, 0) is 4.79 Å². The molecule has 146 valence electrons. The van der Waals surface area contributed by atoms with Crippen LogP contribution in [0.4, 0.5) is 10.1 Å². The quantitative estimate of drug-likeness (QED) is 0.498. The number of nitrogens with one attached hydrogen (secondary N) is 2. The SMILES string of the molecule is N[C@H](CF)C(=O)O.O=C(O)c1cc2ccc(N3CCNCC3)cc2[nH]c1=O. The lowest BCUT2D eigenvalue weighted by atomic mass is 10.1. The first-order valence-corrected chi connectivity index (χ1v) is 8.24. The highest BCUT2D eigenvalue weighted by atomic mass is 19.1. The van der Waals surface area contributed by atoms with Gasteiger partial charge in [-0.1, -0.05) is 6.07 Å². The third-order valence-electron chi connectivity index (χ3n) is 4.03. The summed E-state index contributed by atoms with van der Waals surface area (Å²) in [5.74, 6) is -2.51. The molecule has 0 saturated carbocycles. The number of aromatic nitrogens is 1. The zero-order chi connectivity index (χ0) is 20.0. The Morgan fingerprint density at radius 2 is 1.89 bits per heavy atom. The highest BCUT2D eigenvalue weighted by Gasteiger charge is 2.13. The van der Waals surface area contributed by atoms with Crippen molar-refractivity contribution in [2.24, 2.45) is 5.73 Å². The van der Waals surface area contributed by atoms with Crippen molar-refractivity contribution in [2.45, 2.75) is 6.04 Å². The number of rotatable bonds is 4. The van der Waals surface area contributed by atoms with Crippen LogP contribution in [0.15, 0.2) is 29.1 Å². The topological polar surface area (TPSA) is 149 Å². The second-order valence-corrected chi connectivity index (χ2v) is 5.92. The van der Waals surface area contributed by atoms with Crippen molar-refractivity contribution in [1.82, 2.24) is 10.3 Å². The predicted molar refractivity (Wildman–Crippen MR) is 98.2 cm³/mol. The number of piperazine rings is 1. The van der Waals surface area contributed by atoms with E-state index in [0.717, 1.165) is 37.3 Å². The third-order valence-corrected chi connectivity index (χ3v) is 4.03. The number of benzene rings is 1. The molecule has 3 rings (SSSR count). The number of carboxylic acids is 2. The van der Waals surface area contributed by atoms with Gasteiger partial charge in [-0.05, 0) is 23.6 Å². The van der Waals surface area contributed by atoms with E-state index in [4.69, 9.17) is 10.2 Å². The molecule has 1 aromatic heterocycles. The fourth-order valence-electron chi connectivity index (χ4n) is 2.53. The largest absolute Gasteiger partial charge is 0.480 e. The number of halogens is 1. The normalized spacial score (nSPS) is 15.0. The maximum atomic E-state index is 11.7. The van der Waals surface area contributed by atoms with Gasteiger partial charge in [0, 0.05) is 31.9 Å². The summed E-state index contributed by atoms with van der Waals surface area (Å²) in [6.07, 6.45) is 0. The maximum absolute atomic E-state index is 11.7. The molecule has 27 heavy (non-hydrogen) atoms. The van der Waals surface area contributed by atoms with Crippen LogP contribution in [0.5, 0.6) is 0 Å². The van der Waals surface area contributed by atoms with E-state index in [1.807, 2.05) is 18.2 Å². The molecule has 2 aromatic rings. The van der Waals surface area contributed by atoms with Gasteiger partial charge in [0.1, 0.15) is 18.3 Å². The number of carboxylic acid groups (broad SMARTS) is 2. The number of nitrogens with two attached hydrogens (primary N) is 1. The molecular weight excluding hydrogens is 359 g/mol. The Morgan fingerprint density at radius 1 is 1.22 bits per heavy atom. The standard InChI is InChI=1S/C14H15N3O3.C3H6FNO2/c18-13-11(14(19)20)7-9-1-2-10(8-12(9)16-13)17-5-3-15-4-6-17;4-1-2(5)3(6)7/h1-2,7-8,15H,3-6H2,(H,16,18)(H,19,20);2H,1,5H2,(H,6,7)/t;2-/m.1/s1. The van der Waals surface area contributed by atoms with Crippen molar-refractivity contribution in [1.29, 1.82) is 0 Å². The molecule has 9 nitrogen and oxygen atoms in total. The molecule has 0 unspecified atom stereocenters. The van der Waals surface area contributed by atoms with Gasteiger partial charge in [-0.3, -0.25) is 9.59 Å². The summed E-state index contributed by atoms with van der Waals surface area (Å²) in [4.78, 5) is 37.1. The Kier molecular flexibility index (Phi) is 6.85. The molecule has 2 heterocycles. The minimum absolute atomic E-state index is 0.229. The molecule has 0 aliphatic carbocycles. The van der Waals surface area contributed by atoms with E-state index in [1.54, 1.807) is 0 Å². The number of aromatic carboxylic acids is 1. The molecule has 1 saturated heterocycles. The van der Waals surface area contributed by atoms with Gasteiger partial charge in [-0.25, -0.2) is 9.18 Å². The van der Waals surface area contributed by atoms with Crippen molar-refractivity contribution in [3.8, 4) is 0 Å². The zero-order valence-electron chi connectivity index (χ0n) is 14.4. The first-order chi connectivity index (χ1) is 12.8. The number of fused-ring (bicyclic) bond motifs is 1. The Morgan fingerprint density at radius 3 is 2.41 bits per heavy atom. The number of alkyl halides is 1. The van der Waals surface area contributed by atoms with Crippen LogP contribution in [0.2, 0.25) is 0 Å². The lowest BCUT2D eigenvalue weighted by Crippen LogP contribution is -2.43. The molecule has 0 amide bonds. The number of hydrogen-bond acceptors (Lipinski definition) is 6. The van der Waals surface area contributed by atoms with Crippen molar-refractivity contribution in [2.75, 3.05) is 37.8 Å². The van der Waals surface area contributed by atoms with Crippen molar-refractivity contribution in [3.05, 3.63) is 40.2 Å². The Labute approximate surface area is 153 Å². The van der Waals surface area contributed by atoms with E-state index in [-0.39, 0.29) is 5.56 Å². The van der Waals surface area contributed by atoms with E-state index in [2.05, 4.69) is 20.9 Å². The lowest BCUT2D eigenvalue weighted by molar-refractivity contribution is -0.138. The summed E-state index contributed by atoms with van der Waals surface area (Å²) in [5, 5.41) is 20.8. The molecule has 1 aromatic carbocycles. The van der Waals surface area contributed by atoms with Crippen LogP contribution in [0.1, 0.15) is 10.4 Å². The lowest BCUT2D eigenvalue weighted by Gasteiger charge is -2.29. The summed E-state index contributed by atoms with van der Waals surface area (Å²) in [6, 6.07) is 5.76. The summed E-state index contributed by atoms with van der Waals surface area (Å²) in [6.45, 7) is 2.71. The molecule has 1 fully saturated rings. The molecule has 6 N–H and O–H groups in total. The molecule has 1 aliphatic heterocycles. The molecule has 0 spiro atoms. The van der Waals surface area contributed by atoms with Crippen LogP contribution in [0, 0.1) is 0 Å². The van der Waals surface area contributed by atoms with Gasteiger partial charge >= 0.3 is 11.9 Å². The highest BCUT2D eigenvalue weighted by molar-refractivity contribution is 5.93. The Bertz CT molecular complexity index is 879. The molecule has 0 radical (unpaired) electrons. The summed E-state index contributed by atoms with van der Waals surface area (Å²) < 4.78 is 11.1. The summed E-state index contributed by atoms with van der Waals surface area (Å²) in [5.41, 5.74) is 5.55. The smallest absolute Gasteiger partial charge is 0.341 e. The van der Waals surface area contributed by atoms with Crippen LogP contribution in [0.3, 0.4) is 0 Å². The second kappa shape index (κ2) is 9.10. The van der Waals surface area contributed by atoms with E-state index in [9.17, 15) is 18.8 Å². The van der Waals surface area contributed by atoms with Crippen LogP contribution < -0.4 is 21.5 Å². The van der Waals surface area contributed by atoms with Gasteiger partial charge in [0.15, 0.2) is 0 Å². The zero-order valence-corrected chi connectivity index (χ0v) is 14.4. The molecular formula is C17H21FN4O5.